The Kier molecular flexibility index (Phi) is 7.90. The minimum absolute atomic E-state index is 0.292. The number of piperidine rings is 1. The molecule has 1 aliphatic heterocycles. The normalized spacial score (nSPS) is 23.1. The minimum Gasteiger partial charge on any atom is -0.462 e. The molecule has 6 heteroatoms. The zero-order valence-electron chi connectivity index (χ0n) is 18.0. The first-order valence-electron chi connectivity index (χ1n) is 11.0. The van der Waals surface area contributed by atoms with E-state index in [4.69, 9.17) is 17.0 Å². The van der Waals surface area contributed by atoms with Crippen LogP contribution in [0, 0.1) is 5.92 Å². The molecule has 160 valence electrons. The highest BCUT2D eigenvalue weighted by molar-refractivity contribution is 7.80. The SMILES string of the molecule is CCOC(=O)c1ccc(NC(=S)N2CCC(N(C)[C@@H]3CCCC[C@H]3C)CC2)cc1. The van der Waals surface area contributed by atoms with Gasteiger partial charge in [-0.3, -0.25) is 0 Å². The molecular weight excluding hydrogens is 382 g/mol. The van der Waals surface area contributed by atoms with Gasteiger partial charge in [-0.1, -0.05) is 19.8 Å². The molecule has 1 heterocycles. The molecule has 1 saturated heterocycles. The van der Waals surface area contributed by atoms with Crippen LogP contribution < -0.4 is 5.32 Å². The number of anilines is 1. The van der Waals surface area contributed by atoms with Crippen LogP contribution in [0.1, 0.15) is 62.7 Å². The van der Waals surface area contributed by atoms with Gasteiger partial charge in [0, 0.05) is 30.9 Å². The van der Waals surface area contributed by atoms with E-state index in [2.05, 4.69) is 29.1 Å². The number of thiocarbonyl (C=S) groups is 1. The summed E-state index contributed by atoms with van der Waals surface area (Å²) in [6.45, 7) is 6.59. The van der Waals surface area contributed by atoms with Gasteiger partial charge in [-0.2, -0.15) is 0 Å². The molecule has 1 aromatic carbocycles. The average Bonchev–Trinajstić information content (AvgIpc) is 2.74. The van der Waals surface area contributed by atoms with Crippen molar-refractivity contribution < 1.29 is 9.53 Å². The Labute approximate surface area is 180 Å². The first kappa shape index (κ1) is 22.0. The molecule has 2 aliphatic rings. The van der Waals surface area contributed by atoms with Crippen molar-refractivity contribution in [2.75, 3.05) is 32.1 Å². The third kappa shape index (κ3) is 5.70. The van der Waals surface area contributed by atoms with E-state index in [1.165, 1.54) is 25.7 Å². The maximum absolute atomic E-state index is 11.8. The van der Waals surface area contributed by atoms with Crippen molar-refractivity contribution in [3.05, 3.63) is 29.8 Å². The minimum atomic E-state index is -0.292. The molecule has 1 saturated carbocycles. The fourth-order valence-electron chi connectivity index (χ4n) is 4.76. The van der Waals surface area contributed by atoms with E-state index in [0.717, 1.165) is 48.7 Å². The molecule has 0 unspecified atom stereocenters. The van der Waals surface area contributed by atoms with E-state index in [9.17, 15) is 4.79 Å². The Hall–Kier alpha value is -1.66. The molecule has 1 N–H and O–H groups in total. The molecule has 0 amide bonds. The second-order valence-electron chi connectivity index (χ2n) is 8.44. The van der Waals surface area contributed by atoms with Gasteiger partial charge in [-0.05, 0) is 82.1 Å². The quantitative estimate of drug-likeness (QED) is 0.561. The molecule has 0 bridgehead atoms. The summed E-state index contributed by atoms with van der Waals surface area (Å²) in [4.78, 5) is 16.7. The highest BCUT2D eigenvalue weighted by Gasteiger charge is 2.31. The first-order valence-corrected chi connectivity index (χ1v) is 11.5. The lowest BCUT2D eigenvalue weighted by atomic mass is 9.84. The second kappa shape index (κ2) is 10.4. The van der Waals surface area contributed by atoms with Crippen molar-refractivity contribution >= 4 is 29.0 Å². The second-order valence-corrected chi connectivity index (χ2v) is 8.83. The molecule has 0 aromatic heterocycles. The summed E-state index contributed by atoms with van der Waals surface area (Å²) in [5, 5.41) is 4.08. The lowest BCUT2D eigenvalue weighted by Crippen LogP contribution is -2.51. The van der Waals surface area contributed by atoms with E-state index in [0.29, 0.717) is 18.2 Å². The number of benzene rings is 1. The molecule has 0 radical (unpaired) electrons. The van der Waals surface area contributed by atoms with Crippen molar-refractivity contribution in [1.82, 2.24) is 9.80 Å². The highest BCUT2D eigenvalue weighted by Crippen LogP contribution is 2.30. The van der Waals surface area contributed by atoms with E-state index < -0.39 is 0 Å². The van der Waals surface area contributed by atoms with Gasteiger partial charge < -0.3 is 19.9 Å². The van der Waals surface area contributed by atoms with Gasteiger partial charge in [0.2, 0.25) is 0 Å². The van der Waals surface area contributed by atoms with Crippen LogP contribution >= 0.6 is 12.2 Å². The Morgan fingerprint density at radius 1 is 1.17 bits per heavy atom. The Bertz CT molecular complexity index is 686. The largest absolute Gasteiger partial charge is 0.462 e. The summed E-state index contributed by atoms with van der Waals surface area (Å²) in [7, 11) is 2.33. The van der Waals surface area contributed by atoms with Gasteiger partial charge in [0.05, 0.1) is 12.2 Å². The van der Waals surface area contributed by atoms with Gasteiger partial charge in [0.15, 0.2) is 5.11 Å². The van der Waals surface area contributed by atoms with Crippen LogP contribution in [-0.2, 0) is 4.74 Å². The summed E-state index contributed by atoms with van der Waals surface area (Å²) in [5.74, 6) is 0.521. The predicted molar refractivity (Wildman–Crippen MR) is 122 cm³/mol. The Morgan fingerprint density at radius 2 is 1.83 bits per heavy atom. The van der Waals surface area contributed by atoms with E-state index >= 15 is 0 Å². The fraction of sp³-hybridized carbons (Fsp3) is 0.652. The van der Waals surface area contributed by atoms with Gasteiger partial charge >= 0.3 is 5.97 Å². The smallest absolute Gasteiger partial charge is 0.338 e. The van der Waals surface area contributed by atoms with E-state index in [-0.39, 0.29) is 5.97 Å². The average molecular weight is 418 g/mol. The highest BCUT2D eigenvalue weighted by atomic mass is 32.1. The first-order chi connectivity index (χ1) is 14.0. The van der Waals surface area contributed by atoms with Crippen LogP contribution in [0.4, 0.5) is 5.69 Å². The zero-order chi connectivity index (χ0) is 20.8. The lowest BCUT2D eigenvalue weighted by molar-refractivity contribution is 0.0526. The molecule has 1 aliphatic carbocycles. The molecule has 29 heavy (non-hydrogen) atoms. The van der Waals surface area contributed by atoms with Gasteiger partial charge in [-0.15, -0.1) is 0 Å². The number of rotatable bonds is 5. The number of carbonyl (C=O) groups excluding carboxylic acids is 1. The molecule has 5 nitrogen and oxygen atoms in total. The van der Waals surface area contributed by atoms with Gasteiger partial charge in [0.1, 0.15) is 0 Å². The summed E-state index contributed by atoms with van der Waals surface area (Å²) in [5.41, 5.74) is 1.46. The number of hydrogen-bond acceptors (Lipinski definition) is 4. The number of carbonyl (C=O) groups is 1. The Balaban J connectivity index is 1.48. The number of esters is 1. The van der Waals surface area contributed by atoms with Crippen LogP contribution in [0.3, 0.4) is 0 Å². The van der Waals surface area contributed by atoms with Gasteiger partial charge in [-0.25, -0.2) is 4.79 Å². The summed E-state index contributed by atoms with van der Waals surface area (Å²) in [6, 6.07) is 8.70. The van der Waals surface area contributed by atoms with Gasteiger partial charge in [0.25, 0.3) is 0 Å². The topological polar surface area (TPSA) is 44.8 Å². The molecular formula is C23H35N3O2S. The summed E-state index contributed by atoms with van der Waals surface area (Å²) >= 11 is 5.64. The number of likely N-dealkylation sites (tertiary alicyclic amines) is 1. The van der Waals surface area contributed by atoms with Crippen LogP contribution in [-0.4, -0.2) is 59.7 Å². The maximum Gasteiger partial charge on any atom is 0.338 e. The monoisotopic (exact) mass is 417 g/mol. The van der Waals surface area contributed by atoms with Crippen molar-refractivity contribution in [2.24, 2.45) is 5.92 Å². The molecule has 3 rings (SSSR count). The van der Waals surface area contributed by atoms with Crippen molar-refractivity contribution in [3.8, 4) is 0 Å². The lowest BCUT2D eigenvalue weighted by Gasteiger charge is -2.44. The summed E-state index contributed by atoms with van der Waals surface area (Å²) in [6.07, 6.45) is 7.80. The molecule has 2 atom stereocenters. The Morgan fingerprint density at radius 3 is 2.45 bits per heavy atom. The van der Waals surface area contributed by atoms with Crippen LogP contribution in [0.25, 0.3) is 0 Å². The number of hydrogen-bond donors (Lipinski definition) is 1. The van der Waals surface area contributed by atoms with E-state index in [1.54, 1.807) is 12.1 Å². The van der Waals surface area contributed by atoms with Crippen LogP contribution in [0.2, 0.25) is 0 Å². The van der Waals surface area contributed by atoms with Crippen LogP contribution in [0.5, 0.6) is 0 Å². The van der Waals surface area contributed by atoms with Crippen molar-refractivity contribution in [2.45, 2.75) is 64.5 Å². The van der Waals surface area contributed by atoms with E-state index in [1.807, 2.05) is 19.1 Å². The zero-order valence-corrected chi connectivity index (χ0v) is 18.8. The van der Waals surface area contributed by atoms with Crippen molar-refractivity contribution in [1.29, 1.82) is 0 Å². The molecule has 1 aromatic rings. The maximum atomic E-state index is 11.8. The molecule has 0 spiro atoms. The van der Waals surface area contributed by atoms with Crippen molar-refractivity contribution in [3.63, 3.8) is 0 Å². The molecule has 2 fully saturated rings. The standard InChI is InChI=1S/C23H35N3O2S/c1-4-28-22(27)18-9-11-19(12-10-18)24-23(29)26-15-13-20(14-16-26)25(3)21-8-6-5-7-17(21)2/h9-12,17,20-21H,4-8,13-16H2,1-3H3,(H,24,29)/t17-,21-/m1/s1. The fourth-order valence-corrected chi connectivity index (χ4v) is 5.06. The number of nitrogens with one attached hydrogen (secondary N) is 1. The number of nitrogens with zero attached hydrogens (tertiary/aromatic N) is 2. The summed E-state index contributed by atoms with van der Waals surface area (Å²) < 4.78 is 5.03. The third-order valence-electron chi connectivity index (χ3n) is 6.56. The predicted octanol–water partition coefficient (Wildman–Crippen LogP) is 4.54. The third-order valence-corrected chi connectivity index (χ3v) is 6.92. The van der Waals surface area contributed by atoms with Crippen LogP contribution in [0.15, 0.2) is 24.3 Å². The number of ether oxygens (including phenoxy) is 1.